The molecule has 16 heavy (non-hydrogen) atoms. The zero-order valence-electron chi connectivity index (χ0n) is 10.1. The van der Waals surface area contributed by atoms with E-state index in [9.17, 15) is 4.79 Å². The molecule has 1 amide bonds. The fourth-order valence-corrected chi connectivity index (χ4v) is 1.29. The van der Waals surface area contributed by atoms with Gasteiger partial charge < -0.3 is 5.32 Å². The highest BCUT2D eigenvalue weighted by molar-refractivity contribution is 9.10. The average molecular weight is 309 g/mol. The molecule has 0 aromatic heterocycles. The van der Waals surface area contributed by atoms with Crippen LogP contribution in [0, 0.1) is 11.8 Å². The van der Waals surface area contributed by atoms with Gasteiger partial charge in [-0.25, -0.2) is 0 Å². The van der Waals surface area contributed by atoms with Crippen LogP contribution in [0.1, 0.15) is 40.0 Å². The van der Waals surface area contributed by atoms with Crippen molar-refractivity contribution in [3.63, 3.8) is 0 Å². The third-order valence-electron chi connectivity index (χ3n) is 1.91. The Balaban J connectivity index is 4.21. The lowest BCUT2D eigenvalue weighted by Crippen LogP contribution is -2.45. The van der Waals surface area contributed by atoms with E-state index in [0.29, 0.717) is 5.88 Å². The normalized spacial score (nSPS) is 12.6. The molecule has 0 saturated carbocycles. The molecule has 0 rings (SSSR count). The zero-order chi connectivity index (χ0) is 12.6. The first kappa shape index (κ1) is 15.8. The second kappa shape index (κ2) is 7.97. The van der Waals surface area contributed by atoms with E-state index in [-0.39, 0.29) is 10.7 Å². The predicted molar refractivity (Wildman–Crippen MR) is 73.0 cm³/mol. The minimum atomic E-state index is -0.482. The Labute approximate surface area is 112 Å². The number of hydrogen-bond donors (Lipinski definition) is 1. The standard InChI is InChI=1S/C12H19BrClNO/c1-4-10(13)11(16)15-12(2,3)8-6-5-7-9-14/h10H,4-5,7,9H2,1-3H3,(H,15,16). The summed E-state index contributed by atoms with van der Waals surface area (Å²) in [7, 11) is 0. The van der Waals surface area contributed by atoms with Gasteiger partial charge in [-0.3, -0.25) is 4.79 Å². The third-order valence-corrected chi connectivity index (χ3v) is 3.25. The summed E-state index contributed by atoms with van der Waals surface area (Å²) in [6, 6.07) is 0. The van der Waals surface area contributed by atoms with E-state index in [1.165, 1.54) is 0 Å². The van der Waals surface area contributed by atoms with Crippen molar-refractivity contribution in [1.82, 2.24) is 5.32 Å². The molecule has 0 fully saturated rings. The van der Waals surface area contributed by atoms with Crippen LogP contribution in [0.5, 0.6) is 0 Å². The van der Waals surface area contributed by atoms with E-state index in [1.807, 2.05) is 20.8 Å². The monoisotopic (exact) mass is 307 g/mol. The smallest absolute Gasteiger partial charge is 0.234 e. The molecular formula is C12H19BrClNO. The summed E-state index contributed by atoms with van der Waals surface area (Å²) in [4.78, 5) is 11.5. The molecule has 1 N–H and O–H groups in total. The maximum absolute atomic E-state index is 11.6. The maximum Gasteiger partial charge on any atom is 0.234 e. The fraction of sp³-hybridized carbons (Fsp3) is 0.750. The van der Waals surface area contributed by atoms with Gasteiger partial charge in [-0.15, -0.1) is 17.5 Å². The molecule has 0 aromatic carbocycles. The highest BCUT2D eigenvalue weighted by Gasteiger charge is 2.21. The Hall–Kier alpha value is -0.200. The fourth-order valence-electron chi connectivity index (χ4n) is 1.04. The van der Waals surface area contributed by atoms with Crippen LogP contribution in [-0.4, -0.2) is 22.2 Å². The van der Waals surface area contributed by atoms with Crippen molar-refractivity contribution in [3.8, 4) is 11.8 Å². The van der Waals surface area contributed by atoms with Gasteiger partial charge in [0.15, 0.2) is 0 Å². The van der Waals surface area contributed by atoms with E-state index >= 15 is 0 Å². The van der Waals surface area contributed by atoms with E-state index in [0.717, 1.165) is 19.3 Å². The van der Waals surface area contributed by atoms with Crippen molar-refractivity contribution in [1.29, 1.82) is 0 Å². The molecule has 0 spiro atoms. The van der Waals surface area contributed by atoms with Gasteiger partial charge in [-0.1, -0.05) is 28.8 Å². The molecule has 0 saturated heterocycles. The summed E-state index contributed by atoms with van der Waals surface area (Å²) in [5.41, 5.74) is -0.482. The van der Waals surface area contributed by atoms with Crippen LogP contribution in [0.2, 0.25) is 0 Å². The van der Waals surface area contributed by atoms with Crippen LogP contribution >= 0.6 is 27.5 Å². The maximum atomic E-state index is 11.6. The number of alkyl halides is 2. The summed E-state index contributed by atoms with van der Waals surface area (Å²) < 4.78 is 0. The number of hydrogen-bond acceptors (Lipinski definition) is 1. The van der Waals surface area contributed by atoms with Gasteiger partial charge in [-0.2, -0.15) is 0 Å². The first-order valence-corrected chi connectivity index (χ1v) is 6.90. The highest BCUT2D eigenvalue weighted by Crippen LogP contribution is 2.08. The van der Waals surface area contributed by atoms with Crippen molar-refractivity contribution in [2.45, 2.75) is 50.4 Å². The molecule has 0 aromatic rings. The van der Waals surface area contributed by atoms with Gasteiger partial charge in [0, 0.05) is 12.3 Å². The van der Waals surface area contributed by atoms with Gasteiger partial charge >= 0.3 is 0 Å². The lowest BCUT2D eigenvalue weighted by Gasteiger charge is -2.21. The number of halogens is 2. The minimum Gasteiger partial charge on any atom is -0.339 e. The van der Waals surface area contributed by atoms with E-state index < -0.39 is 5.54 Å². The SMILES string of the molecule is CCC(Br)C(=O)NC(C)(C)C#CCCCCl. The Kier molecular flexibility index (Phi) is 7.87. The molecule has 2 nitrogen and oxygen atoms in total. The first-order chi connectivity index (χ1) is 7.43. The number of rotatable bonds is 5. The number of carbonyl (C=O) groups is 1. The molecule has 0 radical (unpaired) electrons. The Morgan fingerprint density at radius 3 is 2.69 bits per heavy atom. The topological polar surface area (TPSA) is 29.1 Å². The molecule has 1 atom stereocenters. The van der Waals surface area contributed by atoms with Gasteiger partial charge in [0.2, 0.25) is 5.91 Å². The number of amides is 1. The quantitative estimate of drug-likeness (QED) is 0.472. The lowest BCUT2D eigenvalue weighted by molar-refractivity contribution is -0.121. The predicted octanol–water partition coefficient (Wildman–Crippen LogP) is 3.08. The zero-order valence-corrected chi connectivity index (χ0v) is 12.4. The van der Waals surface area contributed by atoms with Crippen molar-refractivity contribution >= 4 is 33.4 Å². The summed E-state index contributed by atoms with van der Waals surface area (Å²) in [5, 5.41) is 2.89. The van der Waals surface area contributed by atoms with Gasteiger partial charge in [0.1, 0.15) is 0 Å². The van der Waals surface area contributed by atoms with Crippen molar-refractivity contribution in [3.05, 3.63) is 0 Å². The van der Waals surface area contributed by atoms with Crippen LogP contribution < -0.4 is 5.32 Å². The largest absolute Gasteiger partial charge is 0.339 e. The molecule has 0 heterocycles. The van der Waals surface area contributed by atoms with Crippen LogP contribution in [0.25, 0.3) is 0 Å². The molecule has 0 aliphatic rings. The Bertz CT molecular complexity index is 280. The summed E-state index contributed by atoms with van der Waals surface area (Å²) >= 11 is 8.86. The first-order valence-electron chi connectivity index (χ1n) is 5.45. The molecule has 4 heteroatoms. The van der Waals surface area contributed by atoms with Crippen molar-refractivity contribution in [2.75, 3.05) is 5.88 Å². The molecule has 0 aliphatic heterocycles. The van der Waals surface area contributed by atoms with E-state index in [1.54, 1.807) is 0 Å². The molecular weight excluding hydrogens is 289 g/mol. The molecule has 0 bridgehead atoms. The van der Waals surface area contributed by atoms with Crippen LogP contribution in [0.15, 0.2) is 0 Å². The Morgan fingerprint density at radius 2 is 2.19 bits per heavy atom. The van der Waals surface area contributed by atoms with Crippen LogP contribution in [0.3, 0.4) is 0 Å². The van der Waals surface area contributed by atoms with Crippen LogP contribution in [0.4, 0.5) is 0 Å². The third kappa shape index (κ3) is 7.14. The molecule has 92 valence electrons. The van der Waals surface area contributed by atoms with Crippen molar-refractivity contribution in [2.24, 2.45) is 0 Å². The van der Waals surface area contributed by atoms with Crippen LogP contribution in [-0.2, 0) is 4.79 Å². The lowest BCUT2D eigenvalue weighted by atomic mass is 10.1. The van der Waals surface area contributed by atoms with Gasteiger partial charge in [0.05, 0.1) is 10.4 Å². The summed E-state index contributed by atoms with van der Waals surface area (Å²) in [5.74, 6) is 6.68. The second-order valence-electron chi connectivity index (χ2n) is 4.08. The van der Waals surface area contributed by atoms with Gasteiger partial charge in [0.25, 0.3) is 0 Å². The minimum absolute atomic E-state index is 0.0147. The van der Waals surface area contributed by atoms with E-state index in [4.69, 9.17) is 11.6 Å². The molecule has 1 unspecified atom stereocenters. The number of carbonyl (C=O) groups excluding carboxylic acids is 1. The highest BCUT2D eigenvalue weighted by atomic mass is 79.9. The number of unbranched alkanes of at least 4 members (excludes halogenated alkanes) is 1. The summed E-state index contributed by atoms with van der Waals surface area (Å²) in [6.07, 6.45) is 2.42. The Morgan fingerprint density at radius 1 is 1.56 bits per heavy atom. The molecule has 0 aliphatic carbocycles. The van der Waals surface area contributed by atoms with E-state index in [2.05, 4.69) is 33.1 Å². The average Bonchev–Trinajstić information content (AvgIpc) is 2.22. The summed E-state index contributed by atoms with van der Waals surface area (Å²) in [6.45, 7) is 5.75. The second-order valence-corrected chi connectivity index (χ2v) is 5.57. The van der Waals surface area contributed by atoms with Crippen molar-refractivity contribution < 1.29 is 4.79 Å². The van der Waals surface area contributed by atoms with Gasteiger partial charge in [-0.05, 0) is 26.7 Å². The number of nitrogens with one attached hydrogen (secondary N) is 1.